The molecule has 7 nitrogen and oxygen atoms in total. The van der Waals surface area contributed by atoms with Crippen LogP contribution in [-0.2, 0) is 9.16 Å². The maximum atomic E-state index is 11.4. The molecule has 2 heterocycles. The van der Waals surface area contributed by atoms with Crippen molar-refractivity contribution in [1.82, 2.24) is 4.98 Å². The van der Waals surface area contributed by atoms with Crippen LogP contribution in [0.1, 0.15) is 32.6 Å². The van der Waals surface area contributed by atoms with Crippen molar-refractivity contribution in [2.45, 2.75) is 44.9 Å². The van der Waals surface area contributed by atoms with Crippen molar-refractivity contribution >= 4 is 31.4 Å². The predicted molar refractivity (Wildman–Crippen MR) is 107 cm³/mol. The van der Waals surface area contributed by atoms with E-state index in [9.17, 15) is 9.90 Å². The summed E-state index contributed by atoms with van der Waals surface area (Å²) in [5.41, 5.74) is 0.987. The van der Waals surface area contributed by atoms with E-state index in [0.29, 0.717) is 43.5 Å². The van der Waals surface area contributed by atoms with Crippen LogP contribution in [0.25, 0.3) is 11.1 Å². The summed E-state index contributed by atoms with van der Waals surface area (Å²) in [7, 11) is -1.89. The SMILES string of the molecule is CC(C)(C)[Si](C)(C)OCC1COCCN1c1nc2c(C(=O)O)cccc2o1.[H-].[Li+]. The predicted octanol–water partition coefficient (Wildman–Crippen LogP) is 0.870. The Morgan fingerprint density at radius 1 is 1.43 bits per heavy atom. The molecule has 0 bridgehead atoms. The largest absolute Gasteiger partial charge is 1.00 e. The Morgan fingerprint density at radius 3 is 2.79 bits per heavy atom. The maximum absolute atomic E-state index is 11.4. The molecule has 1 saturated heterocycles. The number of rotatable bonds is 5. The fraction of sp³-hybridized carbons (Fsp3) is 0.579. The molecule has 9 heteroatoms. The van der Waals surface area contributed by atoms with E-state index in [4.69, 9.17) is 13.6 Å². The van der Waals surface area contributed by atoms with Crippen molar-refractivity contribution < 1.29 is 43.8 Å². The number of carboxylic acid groups (broad SMARTS) is 1. The van der Waals surface area contributed by atoms with Gasteiger partial charge in [-0.15, -0.1) is 0 Å². The Labute approximate surface area is 180 Å². The van der Waals surface area contributed by atoms with Crippen LogP contribution in [0.15, 0.2) is 22.6 Å². The maximum Gasteiger partial charge on any atom is 1.00 e. The molecule has 1 aliphatic heterocycles. The summed E-state index contributed by atoms with van der Waals surface area (Å²) < 4.78 is 17.9. The van der Waals surface area contributed by atoms with E-state index >= 15 is 0 Å². The number of morpholine rings is 1. The smallest absolute Gasteiger partial charge is 1.00 e. The minimum absolute atomic E-state index is 0. The van der Waals surface area contributed by atoms with Crippen molar-refractivity contribution in [1.29, 1.82) is 0 Å². The average molecular weight is 400 g/mol. The van der Waals surface area contributed by atoms with Crippen molar-refractivity contribution in [3.63, 3.8) is 0 Å². The van der Waals surface area contributed by atoms with Gasteiger partial charge in [0.1, 0.15) is 5.52 Å². The molecule has 3 rings (SSSR count). The first kappa shape index (κ1) is 23.0. The van der Waals surface area contributed by atoms with Crippen LogP contribution in [0.2, 0.25) is 18.1 Å². The molecule has 0 amide bonds. The summed E-state index contributed by atoms with van der Waals surface area (Å²) in [6, 6.07) is 5.34. The first-order valence-corrected chi connectivity index (χ1v) is 12.1. The number of hydrogen-bond donors (Lipinski definition) is 1. The first-order valence-electron chi connectivity index (χ1n) is 9.21. The zero-order valence-corrected chi connectivity index (χ0v) is 18.6. The molecule has 1 fully saturated rings. The zero-order chi connectivity index (χ0) is 19.8. The molecule has 0 radical (unpaired) electrons. The number of oxazole rings is 1. The third kappa shape index (κ3) is 4.63. The summed E-state index contributed by atoms with van der Waals surface area (Å²) >= 11 is 0. The minimum atomic E-state index is -1.89. The third-order valence-electron chi connectivity index (χ3n) is 5.55. The zero-order valence-electron chi connectivity index (χ0n) is 18.6. The average Bonchev–Trinajstić information content (AvgIpc) is 3.03. The van der Waals surface area contributed by atoms with Crippen LogP contribution in [0.3, 0.4) is 0 Å². The number of aromatic nitrogens is 1. The van der Waals surface area contributed by atoms with Gasteiger partial charge in [-0.1, -0.05) is 26.8 Å². The van der Waals surface area contributed by atoms with E-state index in [1.807, 2.05) is 4.90 Å². The van der Waals surface area contributed by atoms with Crippen molar-refractivity contribution in [3.05, 3.63) is 23.8 Å². The van der Waals surface area contributed by atoms with Gasteiger partial charge in [-0.05, 0) is 30.3 Å². The molecule has 0 aliphatic carbocycles. The van der Waals surface area contributed by atoms with Gasteiger partial charge in [0.2, 0.25) is 0 Å². The molecule has 28 heavy (non-hydrogen) atoms. The topological polar surface area (TPSA) is 85.0 Å². The van der Waals surface area contributed by atoms with E-state index in [1.54, 1.807) is 12.1 Å². The molecule has 0 spiro atoms. The monoisotopic (exact) mass is 400 g/mol. The number of nitrogens with zero attached hydrogens (tertiary/aromatic N) is 2. The van der Waals surface area contributed by atoms with Crippen LogP contribution in [-0.4, -0.2) is 56.8 Å². The molecule has 1 aromatic heterocycles. The number of carboxylic acids is 1. The normalized spacial score (nSPS) is 18.2. The Kier molecular flexibility index (Phi) is 7.05. The molecule has 1 atom stereocenters. The van der Waals surface area contributed by atoms with Crippen LogP contribution < -0.4 is 23.8 Å². The van der Waals surface area contributed by atoms with E-state index in [2.05, 4.69) is 38.8 Å². The van der Waals surface area contributed by atoms with Gasteiger partial charge < -0.3 is 25.0 Å². The molecule has 150 valence electrons. The Bertz CT molecular complexity index is 840. The molecule has 1 aromatic carbocycles. The molecule has 1 unspecified atom stereocenters. The first-order chi connectivity index (χ1) is 12.6. The Hall–Kier alpha value is -1.31. The van der Waals surface area contributed by atoms with E-state index in [1.165, 1.54) is 6.07 Å². The van der Waals surface area contributed by atoms with Crippen LogP contribution in [0.4, 0.5) is 6.01 Å². The van der Waals surface area contributed by atoms with E-state index in [0.717, 1.165) is 0 Å². The Morgan fingerprint density at radius 2 is 2.14 bits per heavy atom. The summed E-state index contributed by atoms with van der Waals surface area (Å²) in [4.78, 5) is 18.0. The van der Waals surface area contributed by atoms with Gasteiger partial charge in [0.25, 0.3) is 6.01 Å². The van der Waals surface area contributed by atoms with Gasteiger partial charge in [-0.3, -0.25) is 0 Å². The second-order valence-corrected chi connectivity index (χ2v) is 13.3. The standard InChI is InChI=1S/C19H28N2O5Si.Li.H/c1-19(2,3)27(4,5)25-12-13-11-24-10-9-21(13)18-20-16-14(17(22)23)7-6-8-15(16)26-18;;/h6-8,13H,9-12H2,1-5H3,(H,22,23);;/q;+1;-1. The number of hydrogen-bond acceptors (Lipinski definition) is 6. The summed E-state index contributed by atoms with van der Waals surface area (Å²) in [6.45, 7) is 13.3. The molecule has 2 aromatic rings. The van der Waals surface area contributed by atoms with Gasteiger partial charge in [-0.2, -0.15) is 4.98 Å². The van der Waals surface area contributed by atoms with E-state index in [-0.39, 0.29) is 36.9 Å². The van der Waals surface area contributed by atoms with Crippen molar-refractivity contribution in [2.24, 2.45) is 0 Å². The number of aromatic carboxylic acids is 1. The van der Waals surface area contributed by atoms with Crippen LogP contribution >= 0.6 is 0 Å². The quantitative estimate of drug-likeness (QED) is 0.746. The fourth-order valence-electron chi connectivity index (χ4n) is 2.80. The number of anilines is 1. The molecular weight excluding hydrogens is 371 g/mol. The van der Waals surface area contributed by atoms with Crippen LogP contribution in [0.5, 0.6) is 0 Å². The summed E-state index contributed by atoms with van der Waals surface area (Å²) in [5, 5.41) is 9.50. The Balaban J connectivity index is 0.00000210. The third-order valence-corrected chi connectivity index (χ3v) is 10.1. The summed E-state index contributed by atoms with van der Waals surface area (Å²) in [6.07, 6.45) is 0. The van der Waals surface area contributed by atoms with E-state index < -0.39 is 14.3 Å². The van der Waals surface area contributed by atoms with Gasteiger partial charge >= 0.3 is 24.8 Å². The number of benzene rings is 1. The van der Waals surface area contributed by atoms with Gasteiger partial charge in [0, 0.05) is 6.54 Å². The fourth-order valence-corrected chi connectivity index (χ4v) is 3.84. The summed E-state index contributed by atoms with van der Waals surface area (Å²) in [5.74, 6) is -1.01. The molecule has 1 N–H and O–H groups in total. The van der Waals surface area contributed by atoms with Gasteiger partial charge in [0.05, 0.1) is 31.4 Å². The number of carbonyl (C=O) groups is 1. The number of para-hydroxylation sites is 1. The number of fused-ring (bicyclic) bond motifs is 1. The second-order valence-electron chi connectivity index (χ2n) is 8.45. The van der Waals surface area contributed by atoms with Crippen molar-refractivity contribution in [2.75, 3.05) is 31.3 Å². The second kappa shape index (κ2) is 8.60. The number of ether oxygens (including phenoxy) is 1. The van der Waals surface area contributed by atoms with Gasteiger partial charge in [0.15, 0.2) is 13.9 Å². The van der Waals surface area contributed by atoms with Crippen molar-refractivity contribution in [3.8, 4) is 0 Å². The van der Waals surface area contributed by atoms with Crippen LogP contribution in [0, 0.1) is 0 Å². The van der Waals surface area contributed by atoms with Gasteiger partial charge in [-0.25, -0.2) is 4.79 Å². The minimum Gasteiger partial charge on any atom is -1.00 e. The molecule has 0 saturated carbocycles. The molecule has 1 aliphatic rings. The molecular formula is C19H29LiN2O5Si.